The highest BCUT2D eigenvalue weighted by Gasteiger charge is 2.32. The SMILES string of the molecule is COC(=O)c1c(-c2ccccc2CN2CCCC(C)C2)nn(-c2ccccc2)c1C(=O)OC. The molecular formula is C26H29N3O4. The van der Waals surface area contributed by atoms with Crippen LogP contribution in [0.15, 0.2) is 54.6 Å². The van der Waals surface area contributed by atoms with Gasteiger partial charge >= 0.3 is 11.9 Å². The summed E-state index contributed by atoms with van der Waals surface area (Å²) >= 11 is 0. The lowest BCUT2D eigenvalue weighted by molar-refractivity contribution is 0.0549. The van der Waals surface area contributed by atoms with Crippen molar-refractivity contribution in [3.05, 3.63) is 71.4 Å². The van der Waals surface area contributed by atoms with Gasteiger partial charge in [0.25, 0.3) is 0 Å². The van der Waals surface area contributed by atoms with E-state index in [1.807, 2.05) is 48.5 Å². The molecule has 0 bridgehead atoms. The number of piperidine rings is 1. The van der Waals surface area contributed by atoms with Crippen LogP contribution in [0.3, 0.4) is 0 Å². The van der Waals surface area contributed by atoms with E-state index >= 15 is 0 Å². The number of carbonyl (C=O) groups excluding carboxylic acids is 2. The number of nitrogens with zero attached hydrogens (tertiary/aromatic N) is 3. The third-order valence-electron chi connectivity index (χ3n) is 6.06. The van der Waals surface area contributed by atoms with Crippen LogP contribution in [0, 0.1) is 5.92 Å². The van der Waals surface area contributed by atoms with Crippen LogP contribution in [0.25, 0.3) is 16.9 Å². The summed E-state index contributed by atoms with van der Waals surface area (Å²) < 4.78 is 11.6. The number of hydrogen-bond acceptors (Lipinski definition) is 6. The van der Waals surface area contributed by atoms with Gasteiger partial charge in [-0.05, 0) is 43.0 Å². The highest BCUT2D eigenvalue weighted by atomic mass is 16.5. The smallest absolute Gasteiger partial charge is 0.357 e. The summed E-state index contributed by atoms with van der Waals surface area (Å²) in [5.74, 6) is -0.630. The zero-order valence-electron chi connectivity index (χ0n) is 19.3. The molecule has 2 heterocycles. The van der Waals surface area contributed by atoms with Crippen LogP contribution < -0.4 is 0 Å². The van der Waals surface area contributed by atoms with E-state index in [-0.39, 0.29) is 11.3 Å². The van der Waals surface area contributed by atoms with Crippen molar-refractivity contribution in [1.29, 1.82) is 0 Å². The maximum absolute atomic E-state index is 12.9. The summed E-state index contributed by atoms with van der Waals surface area (Å²) in [4.78, 5) is 28.2. The molecule has 0 saturated carbocycles. The van der Waals surface area contributed by atoms with Gasteiger partial charge in [0.2, 0.25) is 0 Å². The Morgan fingerprint density at radius 1 is 1.00 bits per heavy atom. The van der Waals surface area contributed by atoms with Gasteiger partial charge in [0.1, 0.15) is 11.3 Å². The summed E-state index contributed by atoms with van der Waals surface area (Å²) in [7, 11) is 2.59. The Morgan fingerprint density at radius 2 is 1.70 bits per heavy atom. The van der Waals surface area contributed by atoms with Crippen LogP contribution in [0.5, 0.6) is 0 Å². The minimum Gasteiger partial charge on any atom is -0.465 e. The fourth-order valence-electron chi connectivity index (χ4n) is 4.50. The summed E-state index contributed by atoms with van der Waals surface area (Å²) in [6.07, 6.45) is 2.42. The van der Waals surface area contributed by atoms with Gasteiger partial charge in [0.15, 0.2) is 5.69 Å². The van der Waals surface area contributed by atoms with Crippen molar-refractivity contribution < 1.29 is 19.1 Å². The fraction of sp³-hybridized carbons (Fsp3) is 0.346. The predicted molar refractivity (Wildman–Crippen MR) is 125 cm³/mol. The van der Waals surface area contributed by atoms with Crippen LogP contribution >= 0.6 is 0 Å². The molecule has 4 rings (SSSR count). The number of methoxy groups -OCH3 is 2. The molecular weight excluding hydrogens is 418 g/mol. The third kappa shape index (κ3) is 4.68. The van der Waals surface area contributed by atoms with Gasteiger partial charge in [-0.15, -0.1) is 0 Å². The second-order valence-electron chi connectivity index (χ2n) is 8.44. The maximum atomic E-state index is 12.9. The Bertz CT molecular complexity index is 1140. The van der Waals surface area contributed by atoms with Crippen molar-refractivity contribution in [2.24, 2.45) is 5.92 Å². The summed E-state index contributed by atoms with van der Waals surface area (Å²) in [5.41, 5.74) is 3.06. The Balaban J connectivity index is 1.89. The van der Waals surface area contributed by atoms with Crippen LogP contribution in [0.4, 0.5) is 0 Å². The van der Waals surface area contributed by atoms with E-state index in [0.717, 1.165) is 30.8 Å². The molecule has 0 amide bonds. The largest absolute Gasteiger partial charge is 0.465 e. The summed E-state index contributed by atoms with van der Waals surface area (Å²) in [5, 5.41) is 4.75. The van der Waals surface area contributed by atoms with Crippen molar-refractivity contribution >= 4 is 11.9 Å². The third-order valence-corrected chi connectivity index (χ3v) is 6.06. The first-order valence-corrected chi connectivity index (χ1v) is 11.2. The first-order chi connectivity index (χ1) is 16.0. The number of rotatable bonds is 6. The van der Waals surface area contributed by atoms with Gasteiger partial charge < -0.3 is 9.47 Å². The fourth-order valence-corrected chi connectivity index (χ4v) is 4.50. The molecule has 0 N–H and O–H groups in total. The Labute approximate surface area is 193 Å². The second-order valence-corrected chi connectivity index (χ2v) is 8.44. The molecule has 1 aromatic heterocycles. The van der Waals surface area contributed by atoms with E-state index in [1.54, 1.807) is 0 Å². The summed E-state index contributed by atoms with van der Waals surface area (Å²) in [6, 6.07) is 17.1. The van der Waals surface area contributed by atoms with Gasteiger partial charge in [-0.25, -0.2) is 14.3 Å². The van der Waals surface area contributed by atoms with Gasteiger partial charge in [-0.3, -0.25) is 4.90 Å². The first kappa shape index (κ1) is 22.7. The minimum absolute atomic E-state index is 0.0481. The molecule has 0 aliphatic carbocycles. The first-order valence-electron chi connectivity index (χ1n) is 11.2. The quantitative estimate of drug-likeness (QED) is 0.523. The number of para-hydroxylation sites is 1. The number of carbonyl (C=O) groups is 2. The molecule has 1 saturated heterocycles. The van der Waals surface area contributed by atoms with Crippen molar-refractivity contribution in [2.75, 3.05) is 27.3 Å². The molecule has 1 aliphatic heterocycles. The van der Waals surface area contributed by atoms with Gasteiger partial charge in [0, 0.05) is 18.7 Å². The number of hydrogen-bond donors (Lipinski definition) is 0. The van der Waals surface area contributed by atoms with E-state index in [9.17, 15) is 9.59 Å². The average molecular weight is 448 g/mol. The van der Waals surface area contributed by atoms with E-state index in [2.05, 4.69) is 17.9 Å². The molecule has 7 nitrogen and oxygen atoms in total. The highest BCUT2D eigenvalue weighted by molar-refractivity contribution is 6.07. The van der Waals surface area contributed by atoms with Gasteiger partial charge in [-0.2, -0.15) is 5.10 Å². The second kappa shape index (κ2) is 10.0. The predicted octanol–water partition coefficient (Wildman–Crippen LogP) is 4.34. The molecule has 2 aromatic carbocycles. The molecule has 0 spiro atoms. The van der Waals surface area contributed by atoms with Gasteiger partial charge in [0.05, 0.1) is 19.9 Å². The van der Waals surface area contributed by atoms with Crippen LogP contribution in [-0.4, -0.2) is 53.9 Å². The average Bonchev–Trinajstić information content (AvgIpc) is 3.24. The molecule has 1 fully saturated rings. The molecule has 172 valence electrons. The molecule has 3 aromatic rings. The van der Waals surface area contributed by atoms with Crippen LogP contribution in [0.2, 0.25) is 0 Å². The zero-order valence-corrected chi connectivity index (χ0v) is 19.3. The highest BCUT2D eigenvalue weighted by Crippen LogP contribution is 2.32. The molecule has 1 aliphatic rings. The number of esters is 2. The van der Waals surface area contributed by atoms with E-state index in [1.165, 1.54) is 31.7 Å². The molecule has 1 atom stereocenters. The summed E-state index contributed by atoms with van der Waals surface area (Å²) in [6.45, 7) is 5.09. The number of likely N-dealkylation sites (tertiary alicyclic amines) is 1. The van der Waals surface area contributed by atoms with Crippen molar-refractivity contribution in [1.82, 2.24) is 14.7 Å². The molecule has 1 unspecified atom stereocenters. The molecule has 33 heavy (non-hydrogen) atoms. The number of ether oxygens (including phenoxy) is 2. The van der Waals surface area contributed by atoms with E-state index in [4.69, 9.17) is 14.6 Å². The number of benzene rings is 2. The maximum Gasteiger partial charge on any atom is 0.357 e. The Morgan fingerprint density at radius 3 is 2.39 bits per heavy atom. The van der Waals surface area contributed by atoms with Crippen LogP contribution in [-0.2, 0) is 16.0 Å². The Hall–Kier alpha value is -3.45. The topological polar surface area (TPSA) is 73.7 Å². The molecule has 0 radical (unpaired) electrons. The lowest BCUT2D eigenvalue weighted by Gasteiger charge is -2.31. The van der Waals surface area contributed by atoms with Crippen molar-refractivity contribution in [3.63, 3.8) is 0 Å². The van der Waals surface area contributed by atoms with E-state index in [0.29, 0.717) is 17.3 Å². The van der Waals surface area contributed by atoms with Crippen molar-refractivity contribution in [3.8, 4) is 16.9 Å². The van der Waals surface area contributed by atoms with E-state index < -0.39 is 11.9 Å². The number of aromatic nitrogens is 2. The lowest BCUT2D eigenvalue weighted by atomic mass is 9.97. The standard InChI is InChI=1S/C26H29N3O4/c1-18-10-9-15-28(16-18)17-19-11-7-8-14-21(19)23-22(25(30)32-2)24(26(31)33-3)29(27-23)20-12-5-4-6-13-20/h4-8,11-14,18H,9-10,15-17H2,1-3H3. The normalized spacial score (nSPS) is 16.4. The van der Waals surface area contributed by atoms with Gasteiger partial charge in [-0.1, -0.05) is 49.4 Å². The van der Waals surface area contributed by atoms with Crippen molar-refractivity contribution in [2.45, 2.75) is 26.3 Å². The lowest BCUT2D eigenvalue weighted by Crippen LogP contribution is -2.33. The minimum atomic E-state index is -0.652. The molecule has 7 heteroatoms. The zero-order chi connectivity index (χ0) is 23.4. The van der Waals surface area contributed by atoms with Crippen LogP contribution in [0.1, 0.15) is 46.2 Å². The monoisotopic (exact) mass is 447 g/mol. The Kier molecular flexibility index (Phi) is 6.89.